The second-order valence-corrected chi connectivity index (χ2v) is 7.19. The lowest BCUT2D eigenvalue weighted by Gasteiger charge is -2.38. The third-order valence-corrected chi connectivity index (χ3v) is 5.64. The molecule has 1 heterocycles. The van der Waals surface area contributed by atoms with Crippen LogP contribution in [0.3, 0.4) is 0 Å². The number of hydrogen-bond donors (Lipinski definition) is 1. The standard InChI is InChI=1S/C21H24BrNO2/c1-16(18-9-7-17(15-22)8-10-18)20(24)25-21(11-13-23-14-12-21)19-5-3-2-4-6-19/h2-10,16,23H,11-15H2,1H3. The number of piperidine rings is 1. The zero-order chi connectivity index (χ0) is 17.7. The third-order valence-electron chi connectivity index (χ3n) is 4.99. The number of nitrogens with one attached hydrogen (secondary N) is 1. The summed E-state index contributed by atoms with van der Waals surface area (Å²) in [7, 11) is 0. The predicted octanol–water partition coefficient (Wildman–Crippen LogP) is 4.51. The van der Waals surface area contributed by atoms with Crippen molar-refractivity contribution < 1.29 is 9.53 Å². The van der Waals surface area contributed by atoms with E-state index in [4.69, 9.17) is 4.74 Å². The molecule has 25 heavy (non-hydrogen) atoms. The van der Waals surface area contributed by atoms with Gasteiger partial charge in [-0.1, -0.05) is 70.5 Å². The Bertz CT molecular complexity index is 694. The molecule has 3 nitrogen and oxygen atoms in total. The van der Waals surface area contributed by atoms with E-state index in [1.165, 1.54) is 5.56 Å². The molecule has 1 N–H and O–H groups in total. The summed E-state index contributed by atoms with van der Waals surface area (Å²) in [5, 5.41) is 4.18. The van der Waals surface area contributed by atoms with Crippen LogP contribution in [0, 0.1) is 0 Å². The minimum Gasteiger partial charge on any atom is -0.454 e. The van der Waals surface area contributed by atoms with Crippen molar-refractivity contribution in [1.82, 2.24) is 5.32 Å². The predicted molar refractivity (Wildman–Crippen MR) is 104 cm³/mol. The number of esters is 1. The molecular weight excluding hydrogens is 378 g/mol. The molecular formula is C21H24BrNO2. The van der Waals surface area contributed by atoms with Gasteiger partial charge in [-0.05, 0) is 36.7 Å². The topological polar surface area (TPSA) is 38.3 Å². The fourth-order valence-electron chi connectivity index (χ4n) is 3.33. The summed E-state index contributed by atoms with van der Waals surface area (Å²) >= 11 is 3.45. The molecule has 4 heteroatoms. The summed E-state index contributed by atoms with van der Waals surface area (Å²) < 4.78 is 6.15. The Balaban J connectivity index is 1.80. The zero-order valence-corrected chi connectivity index (χ0v) is 16.1. The average Bonchev–Trinajstić information content (AvgIpc) is 2.69. The van der Waals surface area contributed by atoms with Gasteiger partial charge >= 0.3 is 5.97 Å². The van der Waals surface area contributed by atoms with E-state index in [0.29, 0.717) is 0 Å². The SMILES string of the molecule is CC(C(=O)OC1(c2ccccc2)CCNCC1)c1ccc(CBr)cc1. The Kier molecular flexibility index (Phi) is 5.92. The number of hydrogen-bond acceptors (Lipinski definition) is 3. The molecule has 1 fully saturated rings. The van der Waals surface area contributed by atoms with Gasteiger partial charge in [0.05, 0.1) is 5.92 Å². The first-order valence-electron chi connectivity index (χ1n) is 8.78. The number of ether oxygens (including phenoxy) is 1. The van der Waals surface area contributed by atoms with E-state index in [2.05, 4.69) is 33.4 Å². The summed E-state index contributed by atoms with van der Waals surface area (Å²) in [4.78, 5) is 12.9. The lowest BCUT2D eigenvalue weighted by molar-refractivity contribution is -0.165. The van der Waals surface area contributed by atoms with Gasteiger partial charge in [-0.15, -0.1) is 0 Å². The van der Waals surface area contributed by atoms with Crippen LogP contribution in [0.2, 0.25) is 0 Å². The molecule has 0 aliphatic carbocycles. The van der Waals surface area contributed by atoms with Gasteiger partial charge in [0.2, 0.25) is 0 Å². The second-order valence-electron chi connectivity index (χ2n) is 6.63. The van der Waals surface area contributed by atoms with Crippen LogP contribution in [0.4, 0.5) is 0 Å². The first kappa shape index (κ1) is 18.2. The van der Waals surface area contributed by atoms with E-state index < -0.39 is 5.60 Å². The largest absolute Gasteiger partial charge is 0.454 e. The Labute approximate surface area is 157 Å². The zero-order valence-electron chi connectivity index (χ0n) is 14.5. The monoisotopic (exact) mass is 401 g/mol. The summed E-state index contributed by atoms with van der Waals surface area (Å²) in [6, 6.07) is 18.3. The van der Waals surface area contributed by atoms with E-state index in [1.54, 1.807) is 0 Å². The van der Waals surface area contributed by atoms with Crippen LogP contribution in [0.5, 0.6) is 0 Å². The van der Waals surface area contributed by atoms with Crippen LogP contribution in [-0.4, -0.2) is 19.1 Å². The normalized spacial score (nSPS) is 17.7. The molecule has 1 aliphatic rings. The molecule has 2 aromatic carbocycles. The van der Waals surface area contributed by atoms with Crippen molar-refractivity contribution in [3.8, 4) is 0 Å². The van der Waals surface area contributed by atoms with E-state index in [-0.39, 0.29) is 11.9 Å². The van der Waals surface area contributed by atoms with Gasteiger partial charge in [0.25, 0.3) is 0 Å². The maximum Gasteiger partial charge on any atom is 0.314 e. The van der Waals surface area contributed by atoms with E-state index in [1.807, 2.05) is 49.4 Å². The minimum atomic E-state index is -0.520. The number of halogens is 1. The van der Waals surface area contributed by atoms with Crippen LogP contribution >= 0.6 is 15.9 Å². The summed E-state index contributed by atoms with van der Waals surface area (Å²) in [5.41, 5.74) is 2.76. The highest BCUT2D eigenvalue weighted by molar-refractivity contribution is 9.08. The van der Waals surface area contributed by atoms with Crippen molar-refractivity contribution in [1.29, 1.82) is 0 Å². The first-order chi connectivity index (χ1) is 12.1. The number of rotatable bonds is 5. The second kappa shape index (κ2) is 8.15. The third kappa shape index (κ3) is 4.13. The number of alkyl halides is 1. The van der Waals surface area contributed by atoms with E-state index in [0.717, 1.165) is 42.4 Å². The molecule has 0 bridgehead atoms. The number of benzene rings is 2. The lowest BCUT2D eigenvalue weighted by Crippen LogP contribution is -2.43. The van der Waals surface area contributed by atoms with Crippen molar-refractivity contribution in [2.24, 2.45) is 0 Å². The highest BCUT2D eigenvalue weighted by Gasteiger charge is 2.38. The van der Waals surface area contributed by atoms with Crippen LogP contribution in [0.25, 0.3) is 0 Å². The molecule has 2 aromatic rings. The lowest BCUT2D eigenvalue weighted by atomic mass is 9.84. The Morgan fingerprint density at radius 3 is 2.36 bits per heavy atom. The van der Waals surface area contributed by atoms with Crippen LogP contribution < -0.4 is 5.32 Å². The van der Waals surface area contributed by atoms with Gasteiger partial charge in [-0.2, -0.15) is 0 Å². The molecule has 1 atom stereocenters. The fourth-order valence-corrected chi connectivity index (χ4v) is 3.71. The number of carbonyl (C=O) groups excluding carboxylic acids is 1. The molecule has 132 valence electrons. The van der Waals surface area contributed by atoms with Crippen LogP contribution in [0.1, 0.15) is 42.4 Å². The molecule has 0 radical (unpaired) electrons. The van der Waals surface area contributed by atoms with Gasteiger partial charge < -0.3 is 10.1 Å². The molecule has 1 saturated heterocycles. The van der Waals surface area contributed by atoms with Crippen LogP contribution in [-0.2, 0) is 20.5 Å². The van der Waals surface area contributed by atoms with Crippen molar-refractivity contribution in [2.45, 2.75) is 36.6 Å². The van der Waals surface area contributed by atoms with Gasteiger partial charge in [-0.25, -0.2) is 0 Å². The maximum absolute atomic E-state index is 12.9. The summed E-state index contributed by atoms with van der Waals surface area (Å²) in [5.74, 6) is -0.433. The molecule has 3 rings (SSSR count). The Hall–Kier alpha value is -1.65. The van der Waals surface area contributed by atoms with E-state index in [9.17, 15) is 4.79 Å². The molecule has 1 aliphatic heterocycles. The summed E-state index contributed by atoms with van der Waals surface area (Å²) in [6.45, 7) is 3.64. The van der Waals surface area contributed by atoms with Crippen molar-refractivity contribution in [3.05, 3.63) is 71.3 Å². The smallest absolute Gasteiger partial charge is 0.314 e. The molecule has 0 amide bonds. The van der Waals surface area contributed by atoms with Gasteiger partial charge in [0.1, 0.15) is 5.60 Å². The van der Waals surface area contributed by atoms with Gasteiger partial charge in [0.15, 0.2) is 0 Å². The molecule has 0 spiro atoms. The maximum atomic E-state index is 12.9. The Morgan fingerprint density at radius 2 is 1.76 bits per heavy atom. The average molecular weight is 402 g/mol. The molecule has 1 unspecified atom stereocenters. The fraction of sp³-hybridized carbons (Fsp3) is 0.381. The highest BCUT2D eigenvalue weighted by atomic mass is 79.9. The number of carbonyl (C=O) groups is 1. The highest BCUT2D eigenvalue weighted by Crippen LogP contribution is 2.36. The molecule has 0 aromatic heterocycles. The van der Waals surface area contributed by atoms with Crippen LogP contribution in [0.15, 0.2) is 54.6 Å². The van der Waals surface area contributed by atoms with Crippen molar-refractivity contribution in [3.63, 3.8) is 0 Å². The van der Waals surface area contributed by atoms with Crippen molar-refractivity contribution >= 4 is 21.9 Å². The molecule has 0 saturated carbocycles. The quantitative estimate of drug-likeness (QED) is 0.591. The Morgan fingerprint density at radius 1 is 1.12 bits per heavy atom. The van der Waals surface area contributed by atoms with Gasteiger partial charge in [0, 0.05) is 18.2 Å². The minimum absolute atomic E-state index is 0.155. The van der Waals surface area contributed by atoms with Crippen molar-refractivity contribution in [2.75, 3.05) is 13.1 Å². The summed E-state index contributed by atoms with van der Waals surface area (Å²) in [6.07, 6.45) is 1.61. The van der Waals surface area contributed by atoms with Gasteiger partial charge in [-0.3, -0.25) is 4.79 Å². The first-order valence-corrected chi connectivity index (χ1v) is 9.91. The van der Waals surface area contributed by atoms with E-state index >= 15 is 0 Å².